The molecule has 15 heavy (non-hydrogen) atoms. The Labute approximate surface area is 92.1 Å². The maximum atomic E-state index is 5.62. The van der Waals surface area contributed by atoms with Gasteiger partial charge in [-0.2, -0.15) is 0 Å². The second-order valence-corrected chi connectivity index (χ2v) is 4.15. The highest BCUT2D eigenvalue weighted by molar-refractivity contribution is 7.07. The summed E-state index contributed by atoms with van der Waals surface area (Å²) >= 11 is 1.14. The fraction of sp³-hybridized carbons (Fsp3) is 0.300. The molecule has 1 aromatic carbocycles. The molecule has 0 atom stereocenters. The molecule has 0 aliphatic carbocycles. The van der Waals surface area contributed by atoms with E-state index in [-0.39, 0.29) is 0 Å². The molecule has 0 saturated carbocycles. The van der Waals surface area contributed by atoms with Crippen molar-refractivity contribution in [2.75, 3.05) is 0 Å². The summed E-state index contributed by atoms with van der Waals surface area (Å²) in [5.74, 6) is 0.846. The summed E-state index contributed by atoms with van der Waals surface area (Å²) in [5.41, 5.74) is 3.43. The monoisotopic (exact) mass is 221 g/mol. The van der Waals surface area contributed by atoms with E-state index >= 15 is 0 Å². The normalized spacial score (nSPS) is 10.3. The fourth-order valence-electron chi connectivity index (χ4n) is 1.58. The Kier molecular flexibility index (Phi) is 2.64. The Morgan fingerprint density at radius 1 is 1.13 bits per heavy atom. The van der Waals surface area contributed by atoms with Crippen molar-refractivity contribution in [3.8, 4) is 10.9 Å². The quantitative estimate of drug-likeness (QED) is 0.782. The predicted molar refractivity (Wildman–Crippen MR) is 58.4 cm³/mol. The first-order chi connectivity index (χ1) is 7.16. The number of hydrogen-bond donors (Lipinski definition) is 0. The van der Waals surface area contributed by atoms with Gasteiger partial charge in [-0.3, -0.25) is 0 Å². The zero-order chi connectivity index (χ0) is 10.8. The van der Waals surface area contributed by atoms with Gasteiger partial charge in [-0.15, -0.1) is 0 Å². The van der Waals surface area contributed by atoms with Gasteiger partial charge in [0, 0.05) is 11.5 Å². The Hall–Kier alpha value is -1.49. The Bertz CT molecular complexity index is 445. The van der Waals surface area contributed by atoms with E-state index in [1.807, 2.05) is 13.8 Å². The molecule has 0 N–H and O–H groups in total. The Morgan fingerprint density at radius 2 is 1.80 bits per heavy atom. The second-order valence-electron chi connectivity index (χ2n) is 3.46. The molecule has 0 unspecified atom stereocenters. The SMILES string of the molecule is Cc1cc(C)c(Oc2nnns2)c(C)c1. The number of benzene rings is 1. The maximum absolute atomic E-state index is 5.62. The number of aryl methyl sites for hydroxylation is 3. The third-order valence-corrected chi connectivity index (χ3v) is 2.55. The zero-order valence-corrected chi connectivity index (χ0v) is 9.63. The summed E-state index contributed by atoms with van der Waals surface area (Å²) in [6, 6.07) is 4.16. The van der Waals surface area contributed by atoms with E-state index in [1.54, 1.807) is 0 Å². The lowest BCUT2D eigenvalue weighted by Crippen LogP contribution is -1.92. The molecule has 0 spiro atoms. The first-order valence-corrected chi connectivity index (χ1v) is 5.35. The van der Waals surface area contributed by atoms with Gasteiger partial charge in [0.2, 0.25) is 0 Å². The number of nitrogens with zero attached hydrogens (tertiary/aromatic N) is 3. The van der Waals surface area contributed by atoms with Crippen molar-refractivity contribution in [2.24, 2.45) is 0 Å². The van der Waals surface area contributed by atoms with E-state index in [0.29, 0.717) is 5.19 Å². The maximum Gasteiger partial charge on any atom is 0.319 e. The molecular formula is C10H11N3OS. The van der Waals surface area contributed by atoms with Crippen LogP contribution in [0.25, 0.3) is 0 Å². The molecule has 0 aliphatic rings. The third kappa shape index (κ3) is 2.12. The summed E-state index contributed by atoms with van der Waals surface area (Å²) < 4.78 is 9.27. The summed E-state index contributed by atoms with van der Waals surface area (Å²) in [6.45, 7) is 6.10. The van der Waals surface area contributed by atoms with E-state index in [0.717, 1.165) is 28.4 Å². The van der Waals surface area contributed by atoms with Crippen molar-refractivity contribution >= 4 is 11.5 Å². The van der Waals surface area contributed by atoms with Gasteiger partial charge in [-0.05, 0) is 37.1 Å². The molecule has 1 heterocycles. The van der Waals surface area contributed by atoms with Crippen LogP contribution in [0.4, 0.5) is 0 Å². The van der Waals surface area contributed by atoms with Crippen LogP contribution in [0.15, 0.2) is 12.1 Å². The van der Waals surface area contributed by atoms with Crippen LogP contribution in [0.2, 0.25) is 0 Å². The summed E-state index contributed by atoms with van der Waals surface area (Å²) in [7, 11) is 0. The number of aromatic nitrogens is 3. The lowest BCUT2D eigenvalue weighted by Gasteiger charge is -2.09. The van der Waals surface area contributed by atoms with Crippen molar-refractivity contribution in [2.45, 2.75) is 20.8 Å². The van der Waals surface area contributed by atoms with Gasteiger partial charge in [-0.1, -0.05) is 27.3 Å². The largest absolute Gasteiger partial charge is 0.428 e. The number of hydrogen-bond acceptors (Lipinski definition) is 5. The van der Waals surface area contributed by atoms with Crippen molar-refractivity contribution in [1.82, 2.24) is 14.8 Å². The highest BCUT2D eigenvalue weighted by atomic mass is 32.1. The first-order valence-electron chi connectivity index (χ1n) is 4.57. The minimum absolute atomic E-state index is 0.477. The molecule has 5 heteroatoms. The van der Waals surface area contributed by atoms with Crippen molar-refractivity contribution in [3.05, 3.63) is 28.8 Å². The van der Waals surface area contributed by atoms with E-state index in [2.05, 4.69) is 33.9 Å². The topological polar surface area (TPSA) is 47.9 Å². The number of rotatable bonds is 2. The fourth-order valence-corrected chi connectivity index (χ4v) is 1.92. The molecule has 2 aromatic rings. The van der Waals surface area contributed by atoms with Gasteiger partial charge in [-0.25, -0.2) is 0 Å². The van der Waals surface area contributed by atoms with Crippen LogP contribution < -0.4 is 4.74 Å². The van der Waals surface area contributed by atoms with Crippen LogP contribution in [-0.2, 0) is 0 Å². The number of ether oxygens (including phenoxy) is 1. The molecule has 0 bridgehead atoms. The molecule has 0 aliphatic heterocycles. The van der Waals surface area contributed by atoms with E-state index in [4.69, 9.17) is 4.74 Å². The second kappa shape index (κ2) is 3.94. The molecular weight excluding hydrogens is 210 g/mol. The van der Waals surface area contributed by atoms with E-state index in [1.165, 1.54) is 5.56 Å². The average molecular weight is 221 g/mol. The summed E-state index contributed by atoms with van der Waals surface area (Å²) in [6.07, 6.45) is 0. The lowest BCUT2D eigenvalue weighted by molar-refractivity contribution is 0.465. The van der Waals surface area contributed by atoms with Gasteiger partial charge in [0.05, 0.1) is 0 Å². The van der Waals surface area contributed by atoms with Crippen molar-refractivity contribution in [3.63, 3.8) is 0 Å². The third-order valence-electron chi connectivity index (χ3n) is 2.08. The zero-order valence-electron chi connectivity index (χ0n) is 8.81. The van der Waals surface area contributed by atoms with Crippen LogP contribution in [0.3, 0.4) is 0 Å². The minimum atomic E-state index is 0.477. The van der Waals surface area contributed by atoms with Gasteiger partial charge >= 0.3 is 5.19 Å². The Morgan fingerprint density at radius 3 is 2.33 bits per heavy atom. The van der Waals surface area contributed by atoms with Crippen LogP contribution in [-0.4, -0.2) is 14.8 Å². The molecule has 4 nitrogen and oxygen atoms in total. The molecule has 2 rings (SSSR count). The molecule has 0 saturated heterocycles. The van der Waals surface area contributed by atoms with Crippen LogP contribution >= 0.6 is 11.5 Å². The molecule has 78 valence electrons. The highest BCUT2D eigenvalue weighted by Crippen LogP contribution is 2.29. The predicted octanol–water partition coefficient (Wildman–Crippen LogP) is 2.65. The minimum Gasteiger partial charge on any atom is -0.428 e. The van der Waals surface area contributed by atoms with Gasteiger partial charge in [0.1, 0.15) is 5.75 Å². The Balaban J connectivity index is 2.36. The average Bonchev–Trinajstić information content (AvgIpc) is 2.63. The van der Waals surface area contributed by atoms with Gasteiger partial charge in [0.15, 0.2) is 0 Å². The highest BCUT2D eigenvalue weighted by Gasteiger charge is 2.08. The summed E-state index contributed by atoms with van der Waals surface area (Å²) in [4.78, 5) is 0. The smallest absolute Gasteiger partial charge is 0.319 e. The van der Waals surface area contributed by atoms with Crippen LogP contribution in [0, 0.1) is 20.8 Å². The van der Waals surface area contributed by atoms with Crippen LogP contribution in [0.1, 0.15) is 16.7 Å². The van der Waals surface area contributed by atoms with E-state index in [9.17, 15) is 0 Å². The first kappa shape index (κ1) is 10.0. The van der Waals surface area contributed by atoms with E-state index < -0.39 is 0 Å². The molecule has 1 aromatic heterocycles. The lowest BCUT2D eigenvalue weighted by atomic mass is 10.1. The standard InChI is InChI=1S/C10H11N3OS/c1-6-4-7(2)9(8(3)5-6)14-10-11-12-13-15-10/h4-5H,1-3H3. The van der Waals surface area contributed by atoms with Crippen LogP contribution in [0.5, 0.6) is 10.9 Å². The molecule has 0 amide bonds. The molecule has 0 radical (unpaired) electrons. The van der Waals surface area contributed by atoms with Crippen molar-refractivity contribution in [1.29, 1.82) is 0 Å². The van der Waals surface area contributed by atoms with Crippen molar-refractivity contribution < 1.29 is 4.74 Å². The van der Waals surface area contributed by atoms with Gasteiger partial charge < -0.3 is 4.74 Å². The molecule has 0 fully saturated rings. The summed E-state index contributed by atoms with van der Waals surface area (Å²) in [5, 5.41) is 7.72. The van der Waals surface area contributed by atoms with Gasteiger partial charge in [0.25, 0.3) is 0 Å².